The Hall–Kier alpha value is -2.87. The van der Waals surface area contributed by atoms with E-state index in [1.807, 2.05) is 6.07 Å². The van der Waals surface area contributed by atoms with Gasteiger partial charge in [0.1, 0.15) is 11.3 Å². The van der Waals surface area contributed by atoms with Gasteiger partial charge >= 0.3 is 0 Å². The highest BCUT2D eigenvalue weighted by Crippen LogP contribution is 2.29. The highest BCUT2D eigenvalue weighted by molar-refractivity contribution is 5.96. The van der Waals surface area contributed by atoms with Gasteiger partial charge in [-0.25, -0.2) is 9.97 Å². The van der Waals surface area contributed by atoms with Crippen molar-refractivity contribution in [2.45, 2.75) is 0 Å². The molecule has 0 bridgehead atoms. The van der Waals surface area contributed by atoms with Crippen LogP contribution in [0, 0.1) is 12.3 Å². The van der Waals surface area contributed by atoms with Crippen molar-refractivity contribution in [1.82, 2.24) is 15.0 Å². The first kappa shape index (κ1) is 10.3. The molecule has 18 heavy (non-hydrogen) atoms. The Morgan fingerprint density at radius 2 is 2.33 bits per heavy atom. The number of carbonyl (C=O) groups is 1. The van der Waals surface area contributed by atoms with Gasteiger partial charge in [-0.1, -0.05) is 5.92 Å². The summed E-state index contributed by atoms with van der Waals surface area (Å²) in [6, 6.07) is 1.81. The van der Waals surface area contributed by atoms with Gasteiger partial charge < -0.3 is 9.40 Å². The van der Waals surface area contributed by atoms with Crippen molar-refractivity contribution in [3.63, 3.8) is 0 Å². The van der Waals surface area contributed by atoms with E-state index in [1.54, 1.807) is 12.4 Å². The summed E-state index contributed by atoms with van der Waals surface area (Å²) in [6.45, 7) is 0. The standard InChI is InChI=1S/C13H7N3O2/c1-2-8-3-9-10(5-15-13(9)14-4-8)12-11(6-17)16-7-18-12/h1,3-7H,(H,14,15). The maximum absolute atomic E-state index is 10.9. The number of nitrogens with one attached hydrogen (secondary N) is 1. The molecule has 0 spiro atoms. The van der Waals surface area contributed by atoms with Gasteiger partial charge in [0.05, 0.1) is 0 Å². The number of terminal acetylenes is 1. The molecule has 0 amide bonds. The largest absolute Gasteiger partial charge is 0.443 e. The molecule has 5 heteroatoms. The van der Waals surface area contributed by atoms with Crippen LogP contribution in [0.1, 0.15) is 16.1 Å². The van der Waals surface area contributed by atoms with Crippen LogP contribution < -0.4 is 0 Å². The van der Waals surface area contributed by atoms with Gasteiger partial charge in [-0.2, -0.15) is 0 Å². The number of pyridine rings is 1. The number of oxazole rings is 1. The highest BCUT2D eigenvalue weighted by atomic mass is 16.3. The monoisotopic (exact) mass is 237 g/mol. The van der Waals surface area contributed by atoms with Gasteiger partial charge in [-0.05, 0) is 6.07 Å². The Labute approximate surface area is 102 Å². The van der Waals surface area contributed by atoms with Gasteiger partial charge in [0.15, 0.2) is 18.4 Å². The lowest BCUT2D eigenvalue weighted by Gasteiger charge is -1.95. The first-order chi connectivity index (χ1) is 8.83. The average Bonchev–Trinajstić information content (AvgIpc) is 3.03. The molecule has 3 rings (SSSR count). The first-order valence-corrected chi connectivity index (χ1v) is 5.16. The van der Waals surface area contributed by atoms with Crippen molar-refractivity contribution >= 4 is 17.3 Å². The number of aromatic nitrogens is 3. The lowest BCUT2D eigenvalue weighted by atomic mass is 10.1. The second kappa shape index (κ2) is 3.86. The minimum absolute atomic E-state index is 0.252. The predicted molar refractivity (Wildman–Crippen MR) is 64.9 cm³/mol. The number of aldehydes is 1. The number of H-pyrrole nitrogens is 1. The smallest absolute Gasteiger partial charge is 0.182 e. The van der Waals surface area contributed by atoms with Crippen LogP contribution in [0.3, 0.4) is 0 Å². The number of aromatic amines is 1. The van der Waals surface area contributed by atoms with Crippen LogP contribution in [-0.4, -0.2) is 21.2 Å². The van der Waals surface area contributed by atoms with Crippen molar-refractivity contribution < 1.29 is 9.21 Å². The number of hydrogen-bond donors (Lipinski definition) is 1. The molecule has 0 aromatic carbocycles. The van der Waals surface area contributed by atoms with Gasteiger partial charge in [-0.3, -0.25) is 4.79 Å². The summed E-state index contributed by atoms with van der Waals surface area (Å²) in [5.41, 5.74) is 2.31. The molecule has 3 aromatic rings. The van der Waals surface area contributed by atoms with E-state index in [2.05, 4.69) is 20.9 Å². The molecule has 0 fully saturated rings. The zero-order valence-electron chi connectivity index (χ0n) is 9.18. The zero-order chi connectivity index (χ0) is 12.5. The number of carbonyl (C=O) groups excluding carboxylic acids is 1. The summed E-state index contributed by atoms with van der Waals surface area (Å²) in [7, 11) is 0. The van der Waals surface area contributed by atoms with E-state index in [9.17, 15) is 4.79 Å². The Morgan fingerprint density at radius 3 is 3.11 bits per heavy atom. The molecular weight excluding hydrogens is 230 g/mol. The Morgan fingerprint density at radius 1 is 1.44 bits per heavy atom. The summed E-state index contributed by atoms with van der Waals surface area (Å²) in [5, 5.41) is 0.797. The molecule has 1 N–H and O–H groups in total. The molecule has 0 aliphatic heterocycles. The Kier molecular flexibility index (Phi) is 2.21. The average molecular weight is 237 g/mol. The van der Waals surface area contributed by atoms with E-state index < -0.39 is 0 Å². The van der Waals surface area contributed by atoms with Crippen molar-refractivity contribution in [3.05, 3.63) is 36.1 Å². The van der Waals surface area contributed by atoms with Gasteiger partial charge in [0.2, 0.25) is 0 Å². The topological polar surface area (TPSA) is 71.8 Å². The summed E-state index contributed by atoms with van der Waals surface area (Å²) >= 11 is 0. The third-order valence-corrected chi connectivity index (χ3v) is 2.65. The molecule has 0 unspecified atom stereocenters. The van der Waals surface area contributed by atoms with Crippen LogP contribution >= 0.6 is 0 Å². The van der Waals surface area contributed by atoms with Crippen LogP contribution in [-0.2, 0) is 0 Å². The van der Waals surface area contributed by atoms with Crippen molar-refractivity contribution in [2.75, 3.05) is 0 Å². The molecule has 86 valence electrons. The van der Waals surface area contributed by atoms with E-state index in [1.165, 1.54) is 6.39 Å². The molecule has 3 heterocycles. The second-order valence-electron chi connectivity index (χ2n) is 3.65. The number of fused-ring (bicyclic) bond motifs is 1. The third kappa shape index (κ3) is 1.40. The van der Waals surface area contributed by atoms with Crippen LogP contribution in [0.4, 0.5) is 0 Å². The minimum atomic E-state index is 0.252. The summed E-state index contributed by atoms with van der Waals surface area (Å²) in [5.74, 6) is 2.93. The van der Waals surface area contributed by atoms with Crippen molar-refractivity contribution in [2.24, 2.45) is 0 Å². The van der Waals surface area contributed by atoms with Gasteiger partial charge in [0.25, 0.3) is 0 Å². The quantitative estimate of drug-likeness (QED) is 0.546. The first-order valence-electron chi connectivity index (χ1n) is 5.16. The summed E-state index contributed by atoms with van der Waals surface area (Å²) < 4.78 is 5.24. The molecular formula is C13H7N3O2. The molecule has 0 atom stereocenters. The van der Waals surface area contributed by atoms with Crippen LogP contribution in [0.5, 0.6) is 0 Å². The highest BCUT2D eigenvalue weighted by Gasteiger charge is 2.15. The van der Waals surface area contributed by atoms with E-state index >= 15 is 0 Å². The summed E-state index contributed by atoms with van der Waals surface area (Å²) in [6.07, 6.45) is 10.5. The fraction of sp³-hybridized carbons (Fsp3) is 0. The lowest BCUT2D eigenvalue weighted by Crippen LogP contribution is -1.84. The fourth-order valence-electron chi connectivity index (χ4n) is 1.81. The zero-order valence-corrected chi connectivity index (χ0v) is 9.18. The molecule has 0 aliphatic carbocycles. The fourth-order valence-corrected chi connectivity index (χ4v) is 1.81. The molecule has 0 aliphatic rings. The number of rotatable bonds is 2. The summed E-state index contributed by atoms with van der Waals surface area (Å²) in [4.78, 5) is 21.9. The van der Waals surface area contributed by atoms with Crippen LogP contribution in [0.15, 0.2) is 29.3 Å². The Balaban J connectivity index is 2.30. The maximum atomic E-state index is 10.9. The SMILES string of the molecule is C#Cc1cnc2[nH]cc(-c3ocnc3C=O)c2c1. The van der Waals surface area contributed by atoms with E-state index in [0.717, 1.165) is 5.39 Å². The van der Waals surface area contributed by atoms with Gasteiger partial charge in [-0.15, -0.1) is 6.42 Å². The molecule has 0 saturated carbocycles. The third-order valence-electron chi connectivity index (χ3n) is 2.65. The van der Waals surface area contributed by atoms with Crippen LogP contribution in [0.25, 0.3) is 22.4 Å². The normalized spacial score (nSPS) is 10.4. The van der Waals surface area contributed by atoms with Crippen molar-refractivity contribution in [1.29, 1.82) is 0 Å². The molecule has 0 radical (unpaired) electrons. The Bertz CT molecular complexity index is 777. The maximum Gasteiger partial charge on any atom is 0.182 e. The van der Waals surface area contributed by atoms with E-state index in [4.69, 9.17) is 10.8 Å². The predicted octanol–water partition coefficient (Wildman–Crippen LogP) is 2.01. The minimum Gasteiger partial charge on any atom is -0.443 e. The van der Waals surface area contributed by atoms with Gasteiger partial charge in [0, 0.05) is 28.9 Å². The molecule has 5 nitrogen and oxygen atoms in total. The molecule has 3 aromatic heterocycles. The van der Waals surface area contributed by atoms with E-state index in [0.29, 0.717) is 28.8 Å². The van der Waals surface area contributed by atoms with Crippen LogP contribution in [0.2, 0.25) is 0 Å². The van der Waals surface area contributed by atoms with E-state index in [-0.39, 0.29) is 5.69 Å². The second-order valence-corrected chi connectivity index (χ2v) is 3.65. The lowest BCUT2D eigenvalue weighted by molar-refractivity contribution is 0.112. The number of nitrogens with zero attached hydrogens (tertiary/aromatic N) is 2. The van der Waals surface area contributed by atoms with Crippen molar-refractivity contribution in [3.8, 4) is 23.7 Å². The number of hydrogen-bond acceptors (Lipinski definition) is 4. The molecule has 0 saturated heterocycles.